The molecule has 0 aromatic heterocycles. The molecule has 34 heavy (non-hydrogen) atoms. The number of methoxy groups -OCH3 is 2. The minimum atomic E-state index is -4.04. The highest BCUT2D eigenvalue weighted by atomic mass is 35.5. The third kappa shape index (κ3) is 5.63. The predicted molar refractivity (Wildman–Crippen MR) is 133 cm³/mol. The average molecular weight is 503 g/mol. The van der Waals surface area contributed by atoms with Gasteiger partial charge in [0.25, 0.3) is 10.0 Å². The molecule has 3 aromatic rings. The van der Waals surface area contributed by atoms with Crippen molar-refractivity contribution in [3.8, 4) is 11.5 Å². The van der Waals surface area contributed by atoms with Gasteiger partial charge in [-0.3, -0.25) is 9.10 Å². The van der Waals surface area contributed by atoms with Crippen molar-refractivity contribution >= 4 is 33.2 Å². The highest BCUT2D eigenvalue weighted by molar-refractivity contribution is 7.92. The molecule has 1 atom stereocenters. The molecule has 0 aliphatic carbocycles. The summed E-state index contributed by atoms with van der Waals surface area (Å²) in [6, 6.07) is 17.7. The van der Waals surface area contributed by atoms with Crippen LogP contribution in [0.2, 0.25) is 5.02 Å². The third-order valence-electron chi connectivity index (χ3n) is 5.34. The van der Waals surface area contributed by atoms with E-state index in [0.717, 1.165) is 4.31 Å². The van der Waals surface area contributed by atoms with E-state index < -0.39 is 28.5 Å². The van der Waals surface area contributed by atoms with Gasteiger partial charge in [-0.2, -0.15) is 0 Å². The second-order valence-corrected chi connectivity index (χ2v) is 9.95. The molecule has 0 heterocycles. The van der Waals surface area contributed by atoms with E-state index in [2.05, 4.69) is 5.32 Å². The molecule has 0 unspecified atom stereocenters. The van der Waals surface area contributed by atoms with Gasteiger partial charge in [-0.05, 0) is 61.9 Å². The average Bonchev–Trinajstić information content (AvgIpc) is 2.84. The van der Waals surface area contributed by atoms with Crippen molar-refractivity contribution in [2.75, 3.05) is 25.1 Å². The number of hydrogen-bond acceptors (Lipinski definition) is 5. The number of carbonyl (C=O) groups excluding carboxylic acids is 1. The highest BCUT2D eigenvalue weighted by Crippen LogP contribution is 2.31. The Morgan fingerprint density at radius 1 is 1.03 bits per heavy atom. The molecule has 180 valence electrons. The molecule has 7 nitrogen and oxygen atoms in total. The first-order chi connectivity index (χ1) is 16.2. The number of carbonyl (C=O) groups is 1. The van der Waals surface area contributed by atoms with Crippen LogP contribution in [0, 0.1) is 6.92 Å². The van der Waals surface area contributed by atoms with Crippen LogP contribution in [0.15, 0.2) is 71.6 Å². The number of nitrogens with one attached hydrogen (secondary N) is 1. The monoisotopic (exact) mass is 502 g/mol. The molecule has 9 heteroatoms. The summed E-state index contributed by atoms with van der Waals surface area (Å²) >= 11 is 6.17. The maximum Gasteiger partial charge on any atom is 0.264 e. The van der Waals surface area contributed by atoms with E-state index in [1.165, 1.54) is 19.2 Å². The number of nitrogens with zero attached hydrogens (tertiary/aromatic N) is 1. The molecule has 0 saturated heterocycles. The summed E-state index contributed by atoms with van der Waals surface area (Å²) in [6.07, 6.45) is 0. The molecular weight excluding hydrogens is 476 g/mol. The molecule has 1 amide bonds. The van der Waals surface area contributed by atoms with Gasteiger partial charge in [-0.25, -0.2) is 8.42 Å². The van der Waals surface area contributed by atoms with Crippen LogP contribution >= 0.6 is 11.6 Å². The summed E-state index contributed by atoms with van der Waals surface area (Å²) < 4.78 is 38.8. The number of rotatable bonds is 9. The Kier molecular flexibility index (Phi) is 8.06. The normalized spacial score (nSPS) is 12.0. The summed E-state index contributed by atoms with van der Waals surface area (Å²) in [5, 5.41) is 3.23. The number of hydrogen-bond donors (Lipinski definition) is 1. The lowest BCUT2D eigenvalue weighted by Crippen LogP contribution is -2.42. The van der Waals surface area contributed by atoms with E-state index in [4.69, 9.17) is 21.1 Å². The van der Waals surface area contributed by atoms with Crippen LogP contribution in [-0.2, 0) is 14.8 Å². The number of benzene rings is 3. The Bertz CT molecular complexity index is 1270. The van der Waals surface area contributed by atoms with Crippen molar-refractivity contribution < 1.29 is 22.7 Å². The molecule has 0 aliphatic rings. The fraction of sp³-hybridized carbons (Fsp3) is 0.240. The Morgan fingerprint density at radius 2 is 1.74 bits per heavy atom. The Morgan fingerprint density at radius 3 is 2.38 bits per heavy atom. The minimum Gasteiger partial charge on any atom is -0.497 e. The molecule has 0 fully saturated rings. The molecule has 0 saturated carbocycles. The van der Waals surface area contributed by atoms with Crippen LogP contribution in [0.25, 0.3) is 0 Å². The molecule has 3 rings (SSSR count). The topological polar surface area (TPSA) is 84.9 Å². The number of sulfonamides is 1. The van der Waals surface area contributed by atoms with Crippen molar-refractivity contribution in [2.45, 2.75) is 24.8 Å². The zero-order valence-electron chi connectivity index (χ0n) is 19.4. The van der Waals surface area contributed by atoms with Crippen molar-refractivity contribution in [3.63, 3.8) is 0 Å². The van der Waals surface area contributed by atoms with Crippen molar-refractivity contribution in [1.29, 1.82) is 0 Å². The Hall–Kier alpha value is -3.23. The number of halogens is 1. The van der Waals surface area contributed by atoms with Crippen LogP contribution in [0.3, 0.4) is 0 Å². The van der Waals surface area contributed by atoms with E-state index in [-0.39, 0.29) is 4.90 Å². The highest BCUT2D eigenvalue weighted by Gasteiger charge is 2.29. The van der Waals surface area contributed by atoms with Gasteiger partial charge in [0.1, 0.15) is 18.0 Å². The van der Waals surface area contributed by atoms with Crippen LogP contribution in [0.4, 0.5) is 5.69 Å². The molecule has 3 aromatic carbocycles. The van der Waals surface area contributed by atoms with Crippen LogP contribution in [-0.4, -0.2) is 35.1 Å². The SMILES string of the molecule is COc1ccc(OC)c([C@@H](C)NC(=O)CN(c2cc(Cl)ccc2C)S(=O)(=O)c2ccccc2)c1. The second kappa shape index (κ2) is 10.8. The third-order valence-corrected chi connectivity index (χ3v) is 7.35. The molecule has 0 bridgehead atoms. The van der Waals surface area contributed by atoms with E-state index in [0.29, 0.717) is 33.3 Å². The van der Waals surface area contributed by atoms with Gasteiger partial charge in [0, 0.05) is 10.6 Å². The zero-order valence-corrected chi connectivity index (χ0v) is 21.0. The lowest BCUT2D eigenvalue weighted by molar-refractivity contribution is -0.120. The van der Waals surface area contributed by atoms with E-state index in [1.807, 2.05) is 0 Å². The fourth-order valence-corrected chi connectivity index (χ4v) is 5.21. The van der Waals surface area contributed by atoms with E-state index in [9.17, 15) is 13.2 Å². The summed E-state index contributed by atoms with van der Waals surface area (Å²) in [5.41, 5.74) is 1.70. The lowest BCUT2D eigenvalue weighted by Gasteiger charge is -2.27. The van der Waals surface area contributed by atoms with Gasteiger partial charge < -0.3 is 14.8 Å². The Labute approximate surface area is 205 Å². The fourth-order valence-electron chi connectivity index (χ4n) is 3.54. The first kappa shape index (κ1) is 25.4. The summed E-state index contributed by atoms with van der Waals surface area (Å²) in [7, 11) is -0.955. The first-order valence-electron chi connectivity index (χ1n) is 10.5. The van der Waals surface area contributed by atoms with Crippen molar-refractivity contribution in [2.24, 2.45) is 0 Å². The zero-order chi connectivity index (χ0) is 24.9. The number of aryl methyl sites for hydroxylation is 1. The number of ether oxygens (including phenoxy) is 2. The maximum atomic E-state index is 13.5. The smallest absolute Gasteiger partial charge is 0.264 e. The predicted octanol–water partition coefficient (Wildman–Crippen LogP) is 4.74. The van der Waals surface area contributed by atoms with Crippen molar-refractivity contribution in [1.82, 2.24) is 5.32 Å². The van der Waals surface area contributed by atoms with Gasteiger partial charge >= 0.3 is 0 Å². The molecule has 1 N–H and O–H groups in total. The lowest BCUT2D eigenvalue weighted by atomic mass is 10.1. The molecular formula is C25H27ClN2O5S. The van der Waals surface area contributed by atoms with E-state index in [1.54, 1.807) is 75.6 Å². The maximum absolute atomic E-state index is 13.5. The molecule has 0 aliphatic heterocycles. The minimum absolute atomic E-state index is 0.0738. The van der Waals surface area contributed by atoms with Gasteiger partial charge in [0.05, 0.1) is 30.8 Å². The van der Waals surface area contributed by atoms with Gasteiger partial charge in [-0.15, -0.1) is 0 Å². The largest absolute Gasteiger partial charge is 0.497 e. The van der Waals surface area contributed by atoms with Crippen LogP contribution in [0.5, 0.6) is 11.5 Å². The van der Waals surface area contributed by atoms with Gasteiger partial charge in [0.15, 0.2) is 0 Å². The van der Waals surface area contributed by atoms with Crippen LogP contribution in [0.1, 0.15) is 24.1 Å². The number of anilines is 1. The molecule has 0 spiro atoms. The van der Waals surface area contributed by atoms with Gasteiger partial charge in [-0.1, -0.05) is 35.9 Å². The Balaban J connectivity index is 1.94. The van der Waals surface area contributed by atoms with Crippen LogP contribution < -0.4 is 19.1 Å². The second-order valence-electron chi connectivity index (χ2n) is 7.65. The summed E-state index contributed by atoms with van der Waals surface area (Å²) in [6.45, 7) is 3.12. The van der Waals surface area contributed by atoms with Crippen molar-refractivity contribution in [3.05, 3.63) is 82.9 Å². The summed E-state index contributed by atoms with van der Waals surface area (Å²) in [5.74, 6) is 0.698. The van der Waals surface area contributed by atoms with E-state index >= 15 is 0 Å². The standard InChI is InChI=1S/C25H27ClN2O5S/c1-17-10-11-19(26)14-23(17)28(34(30,31)21-8-6-5-7-9-21)16-25(29)27-18(2)22-15-20(32-3)12-13-24(22)33-4/h5-15,18H,16H2,1-4H3,(H,27,29)/t18-/m1/s1. The molecule has 0 radical (unpaired) electrons. The van der Waals surface area contributed by atoms with Gasteiger partial charge in [0.2, 0.25) is 5.91 Å². The summed E-state index contributed by atoms with van der Waals surface area (Å²) in [4.78, 5) is 13.2. The quantitative estimate of drug-likeness (QED) is 0.457. The first-order valence-corrected chi connectivity index (χ1v) is 12.3. The number of amides is 1.